The summed E-state index contributed by atoms with van der Waals surface area (Å²) in [4.78, 5) is 20.7. The van der Waals surface area contributed by atoms with E-state index in [1.165, 1.54) is 6.33 Å². The fourth-order valence-electron chi connectivity index (χ4n) is 1.33. The number of amides is 1. The van der Waals surface area contributed by atoms with Gasteiger partial charge in [-0.1, -0.05) is 0 Å². The Balaban J connectivity index is 2.23. The summed E-state index contributed by atoms with van der Waals surface area (Å²) >= 11 is 5.85. The predicted octanol–water partition coefficient (Wildman–Crippen LogP) is 0.821. The van der Waals surface area contributed by atoms with Gasteiger partial charge in [0.15, 0.2) is 0 Å². The van der Waals surface area contributed by atoms with Crippen LogP contribution in [0.3, 0.4) is 0 Å². The van der Waals surface area contributed by atoms with Gasteiger partial charge >= 0.3 is 0 Å². The lowest BCUT2D eigenvalue weighted by molar-refractivity contribution is -0.117. The molecule has 0 bridgehead atoms. The SMILES string of the molecule is O=C1CC(Cl)CN1c1ccncn1. The van der Waals surface area contributed by atoms with Crippen molar-refractivity contribution in [1.29, 1.82) is 0 Å². The van der Waals surface area contributed by atoms with Crippen molar-refractivity contribution in [1.82, 2.24) is 9.97 Å². The van der Waals surface area contributed by atoms with Crippen molar-refractivity contribution in [2.75, 3.05) is 11.4 Å². The van der Waals surface area contributed by atoms with E-state index >= 15 is 0 Å². The molecule has 1 atom stereocenters. The van der Waals surface area contributed by atoms with Crippen LogP contribution in [0.4, 0.5) is 5.82 Å². The monoisotopic (exact) mass is 197 g/mol. The summed E-state index contributed by atoms with van der Waals surface area (Å²) in [6.45, 7) is 0.539. The highest BCUT2D eigenvalue weighted by Gasteiger charge is 2.29. The summed E-state index contributed by atoms with van der Waals surface area (Å²) in [6.07, 6.45) is 3.42. The van der Waals surface area contributed by atoms with Gasteiger partial charge < -0.3 is 0 Å². The van der Waals surface area contributed by atoms with Crippen molar-refractivity contribution in [3.8, 4) is 0 Å². The summed E-state index contributed by atoms with van der Waals surface area (Å²) < 4.78 is 0. The summed E-state index contributed by atoms with van der Waals surface area (Å²) in [5.74, 6) is 0.654. The third kappa shape index (κ3) is 1.62. The van der Waals surface area contributed by atoms with Crippen molar-refractivity contribution >= 4 is 23.3 Å². The van der Waals surface area contributed by atoms with Crippen LogP contribution in [0.2, 0.25) is 0 Å². The molecule has 0 aromatic carbocycles. The van der Waals surface area contributed by atoms with Crippen molar-refractivity contribution < 1.29 is 4.79 Å². The Bertz CT molecular complexity index is 316. The van der Waals surface area contributed by atoms with Crippen molar-refractivity contribution in [3.63, 3.8) is 0 Å². The maximum absolute atomic E-state index is 11.4. The first-order valence-corrected chi connectivity index (χ1v) is 4.41. The van der Waals surface area contributed by atoms with Gasteiger partial charge in [0.05, 0.1) is 5.38 Å². The van der Waals surface area contributed by atoms with Crippen LogP contribution in [0.1, 0.15) is 6.42 Å². The van der Waals surface area contributed by atoms with Crippen LogP contribution in [0, 0.1) is 0 Å². The van der Waals surface area contributed by atoms with E-state index in [0.717, 1.165) is 0 Å². The number of carbonyl (C=O) groups is 1. The fraction of sp³-hybridized carbons (Fsp3) is 0.375. The molecule has 2 rings (SSSR count). The highest BCUT2D eigenvalue weighted by atomic mass is 35.5. The van der Waals surface area contributed by atoms with E-state index in [-0.39, 0.29) is 11.3 Å². The van der Waals surface area contributed by atoms with E-state index in [1.807, 2.05) is 0 Å². The maximum atomic E-state index is 11.4. The Morgan fingerprint density at radius 1 is 1.62 bits per heavy atom. The van der Waals surface area contributed by atoms with Gasteiger partial charge in [-0.15, -0.1) is 11.6 Å². The molecule has 0 saturated carbocycles. The minimum absolute atomic E-state index is 0.0266. The molecule has 1 saturated heterocycles. The second kappa shape index (κ2) is 3.30. The molecule has 4 nitrogen and oxygen atoms in total. The summed E-state index contributed by atoms with van der Waals surface area (Å²) in [5, 5.41) is -0.0949. The number of anilines is 1. The zero-order valence-electron chi connectivity index (χ0n) is 6.85. The number of halogens is 1. The van der Waals surface area contributed by atoms with Crippen molar-refractivity contribution in [3.05, 3.63) is 18.6 Å². The van der Waals surface area contributed by atoms with E-state index in [4.69, 9.17) is 11.6 Å². The minimum Gasteiger partial charge on any atom is -0.295 e. The first-order chi connectivity index (χ1) is 6.27. The number of aromatic nitrogens is 2. The molecule has 1 aromatic rings. The van der Waals surface area contributed by atoms with Crippen molar-refractivity contribution in [2.45, 2.75) is 11.8 Å². The Hall–Kier alpha value is -1.16. The largest absolute Gasteiger partial charge is 0.295 e. The van der Waals surface area contributed by atoms with Gasteiger partial charge in [0.2, 0.25) is 5.91 Å². The van der Waals surface area contributed by atoms with Crippen LogP contribution >= 0.6 is 11.6 Å². The first-order valence-electron chi connectivity index (χ1n) is 3.98. The van der Waals surface area contributed by atoms with E-state index in [9.17, 15) is 4.79 Å². The Kier molecular flexibility index (Phi) is 2.14. The van der Waals surface area contributed by atoms with Crippen molar-refractivity contribution in [2.24, 2.45) is 0 Å². The zero-order chi connectivity index (χ0) is 9.26. The molecule has 5 heteroatoms. The van der Waals surface area contributed by atoms with E-state index < -0.39 is 0 Å². The van der Waals surface area contributed by atoms with Crippen LogP contribution < -0.4 is 4.90 Å². The van der Waals surface area contributed by atoms with Gasteiger partial charge in [-0.2, -0.15) is 0 Å². The van der Waals surface area contributed by atoms with E-state index in [2.05, 4.69) is 9.97 Å². The summed E-state index contributed by atoms with van der Waals surface area (Å²) in [7, 11) is 0. The number of rotatable bonds is 1. The van der Waals surface area contributed by atoms with Crippen LogP contribution in [0.5, 0.6) is 0 Å². The third-order valence-electron chi connectivity index (χ3n) is 1.92. The van der Waals surface area contributed by atoms with Gasteiger partial charge in [-0.3, -0.25) is 9.69 Å². The second-order valence-corrected chi connectivity index (χ2v) is 3.49. The lowest BCUT2D eigenvalue weighted by Gasteiger charge is -2.13. The normalized spacial score (nSPS) is 22.4. The molecule has 0 spiro atoms. The number of hydrogen-bond acceptors (Lipinski definition) is 3. The summed E-state index contributed by atoms with van der Waals surface area (Å²) in [6, 6.07) is 1.70. The standard InChI is InChI=1S/C8H8ClN3O/c9-6-3-8(13)12(4-6)7-1-2-10-5-11-7/h1-2,5-6H,3-4H2. The summed E-state index contributed by atoms with van der Waals surface area (Å²) in [5.41, 5.74) is 0. The topological polar surface area (TPSA) is 46.1 Å². The molecule has 1 aromatic heterocycles. The average Bonchev–Trinajstić information content (AvgIpc) is 2.47. The quantitative estimate of drug-likeness (QED) is 0.627. The van der Waals surface area contributed by atoms with E-state index in [0.29, 0.717) is 18.8 Å². The fourth-order valence-corrected chi connectivity index (χ4v) is 1.60. The smallest absolute Gasteiger partial charge is 0.229 e. The molecule has 0 N–H and O–H groups in total. The molecule has 1 amide bonds. The molecule has 13 heavy (non-hydrogen) atoms. The number of carbonyl (C=O) groups excluding carboxylic acids is 1. The van der Waals surface area contributed by atoms with Crippen LogP contribution in [0.15, 0.2) is 18.6 Å². The Morgan fingerprint density at radius 2 is 2.46 bits per heavy atom. The molecule has 0 aliphatic carbocycles. The maximum Gasteiger partial charge on any atom is 0.229 e. The first kappa shape index (κ1) is 8.44. The zero-order valence-corrected chi connectivity index (χ0v) is 7.61. The van der Waals surface area contributed by atoms with Gasteiger partial charge in [0.1, 0.15) is 12.1 Å². The molecule has 1 aliphatic rings. The van der Waals surface area contributed by atoms with Gasteiger partial charge in [0, 0.05) is 19.2 Å². The Morgan fingerprint density at radius 3 is 3.00 bits per heavy atom. The highest BCUT2D eigenvalue weighted by Crippen LogP contribution is 2.21. The van der Waals surface area contributed by atoms with Crippen LogP contribution in [0.25, 0.3) is 0 Å². The highest BCUT2D eigenvalue weighted by molar-refractivity contribution is 6.24. The molecular weight excluding hydrogens is 190 g/mol. The lowest BCUT2D eigenvalue weighted by atomic mass is 10.4. The minimum atomic E-state index is -0.0949. The predicted molar refractivity (Wildman–Crippen MR) is 48.6 cm³/mol. The van der Waals surface area contributed by atoms with Crippen LogP contribution in [-0.4, -0.2) is 27.8 Å². The molecule has 68 valence electrons. The lowest BCUT2D eigenvalue weighted by Crippen LogP contribution is -2.25. The molecule has 1 aliphatic heterocycles. The molecule has 2 heterocycles. The van der Waals surface area contributed by atoms with E-state index in [1.54, 1.807) is 17.2 Å². The Labute approximate surface area is 80.5 Å². The van der Waals surface area contributed by atoms with Gasteiger partial charge in [-0.05, 0) is 6.07 Å². The molecule has 1 fully saturated rings. The number of alkyl halides is 1. The third-order valence-corrected chi connectivity index (χ3v) is 2.21. The second-order valence-electron chi connectivity index (χ2n) is 2.87. The average molecular weight is 198 g/mol. The van der Waals surface area contributed by atoms with Gasteiger partial charge in [0.25, 0.3) is 0 Å². The molecular formula is C8H8ClN3O. The molecule has 0 radical (unpaired) electrons. The molecule has 1 unspecified atom stereocenters. The number of nitrogens with zero attached hydrogens (tertiary/aromatic N) is 3. The van der Waals surface area contributed by atoms with Crippen LogP contribution in [-0.2, 0) is 4.79 Å². The number of hydrogen-bond donors (Lipinski definition) is 0. The van der Waals surface area contributed by atoms with Gasteiger partial charge in [-0.25, -0.2) is 9.97 Å².